The van der Waals surface area contributed by atoms with Gasteiger partial charge in [-0.1, -0.05) is 0 Å². The Morgan fingerprint density at radius 2 is 1.85 bits per heavy atom. The maximum atomic E-state index is 15.3. The molecule has 14 heteroatoms. The van der Waals surface area contributed by atoms with E-state index in [2.05, 4.69) is 20.3 Å². The van der Waals surface area contributed by atoms with Crippen molar-refractivity contribution in [1.82, 2.24) is 24.5 Å². The van der Waals surface area contributed by atoms with Crippen molar-refractivity contribution >= 4 is 17.8 Å². The summed E-state index contributed by atoms with van der Waals surface area (Å²) in [4.78, 5) is 26.6. The van der Waals surface area contributed by atoms with Crippen LogP contribution in [0.2, 0.25) is 0 Å². The number of nitrogens with one attached hydrogen (secondary N) is 1. The molecule has 2 heterocycles. The van der Waals surface area contributed by atoms with E-state index in [1.807, 2.05) is 20.8 Å². The van der Waals surface area contributed by atoms with Gasteiger partial charge in [0.15, 0.2) is 0 Å². The van der Waals surface area contributed by atoms with Crippen LogP contribution in [0.5, 0.6) is 0 Å². The summed E-state index contributed by atoms with van der Waals surface area (Å²) >= 11 is 0. The van der Waals surface area contributed by atoms with Crippen molar-refractivity contribution in [1.29, 1.82) is 0 Å². The van der Waals surface area contributed by atoms with Crippen LogP contribution in [-0.4, -0.2) is 65.7 Å². The molecule has 2 N–H and O–H groups in total. The number of ether oxygens (including phenoxy) is 1. The molecule has 4 aliphatic rings. The van der Waals surface area contributed by atoms with E-state index in [4.69, 9.17) is 0 Å². The normalized spacial score (nSPS) is 28.1. The topological polar surface area (TPSA) is 115 Å². The Labute approximate surface area is 222 Å². The predicted octanol–water partition coefficient (Wildman–Crippen LogP) is 4.78. The van der Waals surface area contributed by atoms with Crippen LogP contribution in [-0.2, 0) is 23.9 Å². The van der Waals surface area contributed by atoms with Gasteiger partial charge in [0.1, 0.15) is 24.3 Å². The van der Waals surface area contributed by atoms with Gasteiger partial charge in [-0.15, -0.1) is 13.2 Å². The summed E-state index contributed by atoms with van der Waals surface area (Å²) in [5.74, 6) is -0.0941. The zero-order valence-corrected chi connectivity index (χ0v) is 22.1. The third kappa shape index (κ3) is 5.10. The van der Waals surface area contributed by atoms with Crippen molar-refractivity contribution in [3.63, 3.8) is 0 Å². The SMILES string of the molecule is Cn1nc(COC(F)(F)F)cc1C(=O)Nc1cc([C@H]2C[C@H](F)[C@@H](N(C(=O)O)C34CC(C3)C4)C2)nn1C(C)(C)C. The Hall–Kier alpha value is -3.16. The average Bonchev–Trinajstić information content (AvgIpc) is 3.43. The summed E-state index contributed by atoms with van der Waals surface area (Å²) in [7, 11) is 1.43. The lowest BCUT2D eigenvalue weighted by Gasteiger charge is -2.66. The molecule has 0 unspecified atom stereocenters. The Morgan fingerprint density at radius 3 is 2.38 bits per heavy atom. The minimum absolute atomic E-state index is 0.0133. The van der Waals surface area contributed by atoms with Crippen LogP contribution in [0.3, 0.4) is 0 Å². The fraction of sp³-hybridized carbons (Fsp3) is 0.680. The molecule has 214 valence electrons. The van der Waals surface area contributed by atoms with Gasteiger partial charge < -0.3 is 10.4 Å². The van der Waals surface area contributed by atoms with E-state index in [-0.39, 0.29) is 23.7 Å². The summed E-state index contributed by atoms with van der Waals surface area (Å²) < 4.78 is 59.0. The van der Waals surface area contributed by atoms with Gasteiger partial charge in [0.25, 0.3) is 5.91 Å². The quantitative estimate of drug-likeness (QED) is 0.475. The Kier molecular flexibility index (Phi) is 6.47. The molecule has 39 heavy (non-hydrogen) atoms. The van der Waals surface area contributed by atoms with E-state index in [1.165, 1.54) is 18.0 Å². The van der Waals surface area contributed by atoms with E-state index >= 15 is 4.39 Å². The van der Waals surface area contributed by atoms with Crippen LogP contribution in [0.1, 0.15) is 80.7 Å². The smallest absolute Gasteiger partial charge is 0.465 e. The summed E-state index contributed by atoms with van der Waals surface area (Å²) in [5.41, 5.74) is -0.526. The molecule has 10 nitrogen and oxygen atoms in total. The molecule has 2 aromatic rings. The molecule has 2 bridgehead atoms. The summed E-state index contributed by atoms with van der Waals surface area (Å²) in [6.07, 6.45) is -4.46. The van der Waals surface area contributed by atoms with Crippen LogP contribution in [0.15, 0.2) is 12.1 Å². The molecule has 0 aliphatic heterocycles. The third-order valence-corrected chi connectivity index (χ3v) is 8.08. The fourth-order valence-electron chi connectivity index (χ4n) is 6.24. The van der Waals surface area contributed by atoms with Gasteiger partial charge in [0.2, 0.25) is 0 Å². The molecule has 0 radical (unpaired) electrons. The first kappa shape index (κ1) is 27.4. The summed E-state index contributed by atoms with van der Waals surface area (Å²) in [5, 5.41) is 21.3. The Bertz CT molecular complexity index is 1270. The predicted molar refractivity (Wildman–Crippen MR) is 130 cm³/mol. The number of aromatic nitrogens is 4. The zero-order valence-electron chi connectivity index (χ0n) is 22.1. The van der Waals surface area contributed by atoms with E-state index in [0.29, 0.717) is 23.9 Å². The maximum Gasteiger partial charge on any atom is 0.522 e. The van der Waals surface area contributed by atoms with Crippen LogP contribution < -0.4 is 5.32 Å². The highest BCUT2D eigenvalue weighted by Gasteiger charge is 2.64. The lowest BCUT2D eigenvalue weighted by molar-refractivity contribution is -0.330. The van der Waals surface area contributed by atoms with Crippen molar-refractivity contribution in [2.45, 2.75) is 95.1 Å². The summed E-state index contributed by atoms with van der Waals surface area (Å²) in [6, 6.07) is 2.11. The van der Waals surface area contributed by atoms with Gasteiger partial charge in [-0.2, -0.15) is 10.2 Å². The molecule has 4 saturated carbocycles. The van der Waals surface area contributed by atoms with Gasteiger partial charge in [0.05, 0.1) is 23.0 Å². The number of nitrogens with zero attached hydrogens (tertiary/aromatic N) is 5. The molecule has 0 spiro atoms. The fourth-order valence-corrected chi connectivity index (χ4v) is 6.24. The number of rotatable bonds is 7. The minimum atomic E-state index is -4.83. The second kappa shape index (κ2) is 9.20. The van der Waals surface area contributed by atoms with Crippen molar-refractivity contribution in [2.75, 3.05) is 5.32 Å². The summed E-state index contributed by atoms with van der Waals surface area (Å²) in [6.45, 7) is 4.79. The molecule has 3 atom stereocenters. The molecule has 4 aliphatic carbocycles. The monoisotopic (exact) mass is 556 g/mol. The van der Waals surface area contributed by atoms with Crippen molar-refractivity contribution in [2.24, 2.45) is 13.0 Å². The van der Waals surface area contributed by atoms with Gasteiger partial charge in [-0.25, -0.2) is 13.9 Å². The number of carbonyl (C=O) groups is 2. The molecule has 0 aromatic carbocycles. The van der Waals surface area contributed by atoms with Crippen molar-refractivity contribution < 1.29 is 37.0 Å². The lowest BCUT2D eigenvalue weighted by atomic mass is 9.49. The number of alkyl halides is 4. The molecule has 0 saturated heterocycles. The van der Waals surface area contributed by atoms with Crippen molar-refractivity contribution in [3.05, 3.63) is 29.2 Å². The second-order valence-corrected chi connectivity index (χ2v) is 12.0. The molecule has 6 rings (SSSR count). The number of hydrogen-bond acceptors (Lipinski definition) is 5. The minimum Gasteiger partial charge on any atom is -0.465 e. The van der Waals surface area contributed by atoms with E-state index < -0.39 is 48.3 Å². The number of anilines is 1. The first-order valence-electron chi connectivity index (χ1n) is 12.9. The molecule has 2 amide bonds. The average molecular weight is 557 g/mol. The first-order valence-corrected chi connectivity index (χ1v) is 12.9. The van der Waals surface area contributed by atoms with Crippen molar-refractivity contribution in [3.8, 4) is 0 Å². The van der Waals surface area contributed by atoms with Crippen LogP contribution in [0.4, 0.5) is 28.2 Å². The number of amides is 2. The van der Waals surface area contributed by atoms with Gasteiger partial charge in [0, 0.05) is 24.6 Å². The second-order valence-electron chi connectivity index (χ2n) is 12.0. The third-order valence-electron chi connectivity index (χ3n) is 8.08. The molecule has 2 aromatic heterocycles. The molecular formula is C25H32F4N6O4. The van der Waals surface area contributed by atoms with Crippen LogP contribution >= 0.6 is 0 Å². The van der Waals surface area contributed by atoms with Gasteiger partial charge >= 0.3 is 12.5 Å². The standard InChI is InChI=1S/C25H32F4N6O4/c1-23(2,3)35-20(30-21(36)19-7-15(31-33(19)4)12-39-25(27,28)29)8-17(32-35)14-5-16(26)18(6-14)34(22(37)38)24-9-13(10-24)11-24/h7-8,13-14,16,18H,5-6,9-12H2,1-4H3,(H,30,36)(H,37,38)/t13?,14-,16-,18-,24?/m0/s1. The number of carbonyl (C=O) groups excluding carboxylic acids is 1. The van der Waals surface area contributed by atoms with E-state index in [1.54, 1.807) is 10.7 Å². The Balaban J connectivity index is 1.35. The largest absolute Gasteiger partial charge is 0.522 e. The highest BCUT2D eigenvalue weighted by molar-refractivity contribution is 6.02. The first-order chi connectivity index (χ1) is 18.1. The van der Waals surface area contributed by atoms with Gasteiger partial charge in [-0.05, 0) is 64.9 Å². The maximum absolute atomic E-state index is 15.3. The zero-order chi connectivity index (χ0) is 28.5. The molecular weight excluding hydrogens is 524 g/mol. The molecule has 4 fully saturated rings. The number of carboxylic acid groups (broad SMARTS) is 1. The highest BCUT2D eigenvalue weighted by Crippen LogP contribution is 2.62. The van der Waals surface area contributed by atoms with Crippen LogP contribution in [0.25, 0.3) is 0 Å². The van der Waals surface area contributed by atoms with E-state index in [9.17, 15) is 27.9 Å². The lowest BCUT2D eigenvalue weighted by Crippen LogP contribution is -2.72. The van der Waals surface area contributed by atoms with E-state index in [0.717, 1.165) is 23.9 Å². The van der Waals surface area contributed by atoms with Gasteiger partial charge in [-0.3, -0.25) is 19.1 Å². The highest BCUT2D eigenvalue weighted by atomic mass is 19.4. The Morgan fingerprint density at radius 1 is 1.18 bits per heavy atom. The van der Waals surface area contributed by atoms with Crippen LogP contribution in [0, 0.1) is 5.92 Å². The number of aryl methyl sites for hydroxylation is 1. The number of hydrogen-bond donors (Lipinski definition) is 2. The number of halogens is 4.